The first kappa shape index (κ1) is 20.5. The van der Waals surface area contributed by atoms with E-state index in [1.807, 2.05) is 0 Å². The average Bonchev–Trinajstić information content (AvgIpc) is 2.75. The Balaban J connectivity index is 1.55. The van der Waals surface area contributed by atoms with Gasteiger partial charge in [-0.2, -0.15) is 0 Å². The van der Waals surface area contributed by atoms with E-state index in [-0.39, 0.29) is 29.3 Å². The van der Waals surface area contributed by atoms with Crippen molar-refractivity contribution in [2.45, 2.75) is 25.7 Å². The van der Waals surface area contributed by atoms with Crippen molar-refractivity contribution >= 4 is 29.2 Å². The van der Waals surface area contributed by atoms with Gasteiger partial charge in [0.15, 0.2) is 0 Å². The Morgan fingerprint density at radius 2 is 1.31 bits per heavy atom. The molecule has 2 N–H and O–H groups in total. The van der Waals surface area contributed by atoms with Gasteiger partial charge in [0.1, 0.15) is 5.82 Å². The molecular formula is C22H23FN2O4. The van der Waals surface area contributed by atoms with Crippen molar-refractivity contribution in [2.75, 3.05) is 17.7 Å². The number of anilines is 2. The maximum absolute atomic E-state index is 13.7. The Bertz CT molecular complexity index is 907. The summed E-state index contributed by atoms with van der Waals surface area (Å²) >= 11 is 0. The van der Waals surface area contributed by atoms with Gasteiger partial charge in [-0.3, -0.25) is 9.59 Å². The highest BCUT2D eigenvalue weighted by atomic mass is 19.1. The van der Waals surface area contributed by atoms with E-state index in [9.17, 15) is 18.8 Å². The number of carbonyl (C=O) groups is 3. The van der Waals surface area contributed by atoms with Crippen molar-refractivity contribution in [3.63, 3.8) is 0 Å². The van der Waals surface area contributed by atoms with Crippen LogP contribution in [0.15, 0.2) is 48.5 Å². The molecule has 0 radical (unpaired) electrons. The molecule has 3 rings (SSSR count). The van der Waals surface area contributed by atoms with Crippen LogP contribution in [-0.4, -0.2) is 24.9 Å². The Kier molecular flexibility index (Phi) is 6.59. The normalized spacial score (nSPS) is 18.6. The quantitative estimate of drug-likeness (QED) is 0.746. The third-order valence-corrected chi connectivity index (χ3v) is 5.19. The van der Waals surface area contributed by atoms with Crippen LogP contribution in [0.2, 0.25) is 0 Å². The van der Waals surface area contributed by atoms with Crippen LogP contribution >= 0.6 is 0 Å². The van der Waals surface area contributed by atoms with Crippen LogP contribution in [0, 0.1) is 17.7 Å². The van der Waals surface area contributed by atoms with Gasteiger partial charge in [0.05, 0.1) is 24.0 Å². The molecule has 0 spiro atoms. The van der Waals surface area contributed by atoms with E-state index in [2.05, 4.69) is 10.6 Å². The van der Waals surface area contributed by atoms with E-state index < -0.39 is 11.8 Å². The first-order valence-corrected chi connectivity index (χ1v) is 9.53. The van der Waals surface area contributed by atoms with E-state index in [1.54, 1.807) is 36.4 Å². The molecule has 0 heterocycles. The molecule has 0 bridgehead atoms. The highest BCUT2D eigenvalue weighted by Gasteiger charge is 2.30. The summed E-state index contributed by atoms with van der Waals surface area (Å²) in [6, 6.07) is 12.7. The number of nitrogens with one attached hydrogen (secondary N) is 2. The molecule has 1 saturated carbocycles. The Labute approximate surface area is 168 Å². The molecular weight excluding hydrogens is 375 g/mol. The Hall–Kier alpha value is -3.22. The summed E-state index contributed by atoms with van der Waals surface area (Å²) in [6.45, 7) is 0. The summed E-state index contributed by atoms with van der Waals surface area (Å²) in [5.41, 5.74) is 0.863. The number of esters is 1. The third-order valence-electron chi connectivity index (χ3n) is 5.19. The van der Waals surface area contributed by atoms with Crippen LogP contribution in [0.25, 0.3) is 0 Å². The van der Waals surface area contributed by atoms with Crippen molar-refractivity contribution in [1.29, 1.82) is 0 Å². The number of carbonyl (C=O) groups excluding carboxylic acids is 3. The van der Waals surface area contributed by atoms with Gasteiger partial charge in [0.2, 0.25) is 11.8 Å². The minimum absolute atomic E-state index is 0.164. The number of hydrogen-bond donors (Lipinski definition) is 2. The summed E-state index contributed by atoms with van der Waals surface area (Å²) in [5, 5.41) is 5.42. The molecule has 0 aromatic heterocycles. The zero-order valence-electron chi connectivity index (χ0n) is 16.1. The largest absolute Gasteiger partial charge is 0.465 e. The van der Waals surface area contributed by atoms with Gasteiger partial charge >= 0.3 is 5.97 Å². The molecule has 0 atom stereocenters. The second-order valence-electron chi connectivity index (χ2n) is 7.04. The lowest BCUT2D eigenvalue weighted by Gasteiger charge is -2.27. The van der Waals surface area contributed by atoms with Gasteiger partial charge < -0.3 is 15.4 Å². The second kappa shape index (κ2) is 9.32. The number of hydrogen-bond acceptors (Lipinski definition) is 4. The minimum atomic E-state index is -0.519. The van der Waals surface area contributed by atoms with Gasteiger partial charge in [0, 0.05) is 11.8 Å². The maximum Gasteiger partial charge on any atom is 0.339 e. The van der Waals surface area contributed by atoms with Gasteiger partial charge in [-0.05, 0) is 49.9 Å². The number of amides is 2. The molecule has 2 aromatic rings. The van der Waals surface area contributed by atoms with E-state index in [0.29, 0.717) is 36.9 Å². The number of ether oxygens (including phenoxy) is 1. The molecule has 1 aliphatic rings. The maximum atomic E-state index is 13.7. The highest BCUT2D eigenvalue weighted by molar-refractivity contribution is 6.02. The van der Waals surface area contributed by atoms with Crippen molar-refractivity contribution in [3.8, 4) is 0 Å². The third kappa shape index (κ3) is 4.99. The fraction of sp³-hybridized carbons (Fsp3) is 0.318. The molecule has 152 valence electrons. The Morgan fingerprint density at radius 3 is 1.86 bits per heavy atom. The monoisotopic (exact) mass is 398 g/mol. The van der Waals surface area contributed by atoms with Gasteiger partial charge in [-0.1, -0.05) is 24.3 Å². The molecule has 0 unspecified atom stereocenters. The lowest BCUT2D eigenvalue weighted by Crippen LogP contribution is -2.32. The van der Waals surface area contributed by atoms with E-state index in [1.165, 1.54) is 19.2 Å². The zero-order chi connectivity index (χ0) is 20.8. The minimum Gasteiger partial charge on any atom is -0.465 e. The SMILES string of the molecule is COC(=O)c1ccccc1NC(=O)C1CCC(C(=O)Nc2ccccc2F)CC1. The standard InChI is InChI=1S/C22H23FN2O4/c1-29-22(28)16-6-2-4-8-18(16)24-20(26)14-10-12-15(13-11-14)21(27)25-19-9-5-3-7-17(19)23/h2-9,14-15H,10-13H2,1H3,(H,24,26)(H,25,27). The number of benzene rings is 2. The van der Waals surface area contributed by atoms with Crippen LogP contribution in [-0.2, 0) is 14.3 Å². The van der Waals surface area contributed by atoms with E-state index in [4.69, 9.17) is 4.74 Å². The summed E-state index contributed by atoms with van der Waals surface area (Å²) in [7, 11) is 1.29. The van der Waals surface area contributed by atoms with Crippen LogP contribution in [0.4, 0.5) is 15.8 Å². The summed E-state index contributed by atoms with van der Waals surface area (Å²) in [6.07, 6.45) is 2.16. The topological polar surface area (TPSA) is 84.5 Å². The first-order chi connectivity index (χ1) is 14.0. The number of rotatable bonds is 5. The smallest absolute Gasteiger partial charge is 0.339 e. The molecule has 7 heteroatoms. The van der Waals surface area contributed by atoms with E-state index >= 15 is 0 Å². The molecule has 2 amide bonds. The van der Waals surface area contributed by atoms with Gasteiger partial charge in [-0.25, -0.2) is 9.18 Å². The molecule has 0 saturated heterocycles. The predicted octanol–water partition coefficient (Wildman–Crippen LogP) is 4.00. The average molecular weight is 398 g/mol. The first-order valence-electron chi connectivity index (χ1n) is 9.53. The van der Waals surface area contributed by atoms with Crippen molar-refractivity contribution in [3.05, 3.63) is 59.9 Å². The van der Waals surface area contributed by atoms with Crippen LogP contribution in [0.3, 0.4) is 0 Å². The van der Waals surface area contributed by atoms with Crippen LogP contribution < -0.4 is 10.6 Å². The molecule has 2 aromatic carbocycles. The van der Waals surface area contributed by atoms with Crippen LogP contribution in [0.1, 0.15) is 36.0 Å². The van der Waals surface area contributed by atoms with Gasteiger partial charge in [-0.15, -0.1) is 0 Å². The van der Waals surface area contributed by atoms with Crippen molar-refractivity contribution < 1.29 is 23.5 Å². The molecule has 0 aliphatic heterocycles. The highest BCUT2D eigenvalue weighted by Crippen LogP contribution is 2.31. The summed E-state index contributed by atoms with van der Waals surface area (Å²) in [5.74, 6) is -1.92. The van der Waals surface area contributed by atoms with Crippen molar-refractivity contribution in [2.24, 2.45) is 11.8 Å². The predicted molar refractivity (Wildman–Crippen MR) is 107 cm³/mol. The molecule has 1 fully saturated rings. The molecule has 29 heavy (non-hydrogen) atoms. The molecule has 1 aliphatic carbocycles. The Morgan fingerprint density at radius 1 is 0.828 bits per heavy atom. The lowest BCUT2D eigenvalue weighted by atomic mass is 9.81. The number of para-hydroxylation sites is 2. The fourth-order valence-electron chi connectivity index (χ4n) is 3.53. The second-order valence-corrected chi connectivity index (χ2v) is 7.04. The zero-order valence-corrected chi connectivity index (χ0v) is 16.1. The van der Waals surface area contributed by atoms with Gasteiger partial charge in [0.25, 0.3) is 0 Å². The summed E-state index contributed by atoms with van der Waals surface area (Å²) in [4.78, 5) is 36.9. The van der Waals surface area contributed by atoms with Crippen molar-refractivity contribution in [1.82, 2.24) is 0 Å². The summed E-state index contributed by atoms with van der Waals surface area (Å²) < 4.78 is 18.4. The van der Waals surface area contributed by atoms with E-state index in [0.717, 1.165) is 0 Å². The number of halogens is 1. The molecule has 6 nitrogen and oxygen atoms in total. The fourth-order valence-corrected chi connectivity index (χ4v) is 3.53. The lowest BCUT2D eigenvalue weighted by molar-refractivity contribution is -0.125. The number of methoxy groups -OCH3 is 1. The van der Waals surface area contributed by atoms with Crippen LogP contribution in [0.5, 0.6) is 0 Å².